The van der Waals surface area contributed by atoms with Gasteiger partial charge in [0.15, 0.2) is 0 Å². The van der Waals surface area contributed by atoms with E-state index < -0.39 is 0 Å². The molecule has 0 saturated heterocycles. The predicted octanol–water partition coefficient (Wildman–Crippen LogP) is 9.71. The molecule has 0 aliphatic heterocycles. The van der Waals surface area contributed by atoms with Gasteiger partial charge in [-0.2, -0.15) is 0 Å². The van der Waals surface area contributed by atoms with E-state index in [9.17, 15) is 0 Å². The molecule has 8 rings (SSSR count). The van der Waals surface area contributed by atoms with Gasteiger partial charge < -0.3 is 0 Å². The Bertz CT molecular complexity index is 2040. The molecule has 0 heterocycles. The smallest absolute Gasteiger partial charge is 0.00203 e. The van der Waals surface area contributed by atoms with E-state index in [1.165, 1.54) is 75.8 Å². The van der Waals surface area contributed by atoms with E-state index in [4.69, 9.17) is 0 Å². The predicted molar refractivity (Wildman–Crippen MR) is 148 cm³/mol. The van der Waals surface area contributed by atoms with Gasteiger partial charge in [-0.3, -0.25) is 0 Å². The highest BCUT2D eigenvalue weighted by Gasteiger charge is 2.16. The van der Waals surface area contributed by atoms with Crippen LogP contribution in [0.5, 0.6) is 0 Å². The molecule has 0 saturated carbocycles. The summed E-state index contributed by atoms with van der Waals surface area (Å²) in [6.07, 6.45) is 0. The van der Waals surface area contributed by atoms with Gasteiger partial charge >= 0.3 is 0 Å². The first-order valence-electron chi connectivity index (χ1n) is 11.9. The first-order chi connectivity index (χ1) is 16.9. The van der Waals surface area contributed by atoms with Crippen LogP contribution in [0.2, 0.25) is 0 Å². The quantitative estimate of drug-likeness (QED) is 0.180. The molecule has 8 aromatic carbocycles. The Labute approximate surface area is 197 Å². The van der Waals surface area contributed by atoms with E-state index >= 15 is 0 Å². The van der Waals surface area contributed by atoms with Gasteiger partial charge in [-0.1, -0.05) is 115 Å². The van der Waals surface area contributed by atoms with Crippen LogP contribution >= 0.6 is 0 Å². The Kier molecular flexibility index (Phi) is 3.48. The second kappa shape index (κ2) is 6.56. The Balaban J connectivity index is 1.62. The molecule has 0 unspecified atom stereocenters. The zero-order valence-electron chi connectivity index (χ0n) is 18.5. The van der Waals surface area contributed by atoms with Crippen molar-refractivity contribution >= 4 is 64.6 Å². The molecule has 0 radical (unpaired) electrons. The molecule has 0 spiro atoms. The summed E-state index contributed by atoms with van der Waals surface area (Å²) in [4.78, 5) is 0. The summed E-state index contributed by atoms with van der Waals surface area (Å²) in [7, 11) is 0. The fourth-order valence-electron chi connectivity index (χ4n) is 6.06. The minimum Gasteiger partial charge on any atom is -0.0616 e. The Morgan fingerprint density at radius 1 is 0.294 bits per heavy atom. The van der Waals surface area contributed by atoms with Gasteiger partial charge in [-0.05, 0) is 81.8 Å². The number of benzene rings is 8. The van der Waals surface area contributed by atoms with E-state index in [1.54, 1.807) is 0 Å². The number of fused-ring (bicyclic) bond motifs is 4. The SMILES string of the molecule is c1ccc2c(-c3ccc4ccc5cccc6ccc3c4c56)c3ccc4ccccc4c3cc2c1. The van der Waals surface area contributed by atoms with Crippen LogP contribution in [0.4, 0.5) is 0 Å². The minimum absolute atomic E-state index is 1.28. The average molecular weight is 429 g/mol. The molecule has 0 N–H and O–H groups in total. The van der Waals surface area contributed by atoms with Crippen molar-refractivity contribution in [2.24, 2.45) is 0 Å². The maximum atomic E-state index is 2.37. The third-order valence-corrected chi connectivity index (χ3v) is 7.57. The molecular formula is C34H20. The summed E-state index contributed by atoms with van der Waals surface area (Å²) in [6, 6.07) is 44.9. The summed E-state index contributed by atoms with van der Waals surface area (Å²) in [5, 5.41) is 15.8. The third kappa shape index (κ3) is 2.32. The fourth-order valence-corrected chi connectivity index (χ4v) is 6.06. The summed E-state index contributed by atoms with van der Waals surface area (Å²) < 4.78 is 0. The van der Waals surface area contributed by atoms with Crippen LogP contribution in [-0.4, -0.2) is 0 Å². The molecule has 0 nitrogen and oxygen atoms in total. The zero-order valence-corrected chi connectivity index (χ0v) is 18.5. The highest BCUT2D eigenvalue weighted by Crippen LogP contribution is 2.44. The first-order valence-corrected chi connectivity index (χ1v) is 11.9. The minimum atomic E-state index is 1.28. The number of hydrogen-bond acceptors (Lipinski definition) is 0. The molecule has 8 aromatic rings. The molecular weight excluding hydrogens is 408 g/mol. The lowest BCUT2D eigenvalue weighted by Gasteiger charge is -2.18. The van der Waals surface area contributed by atoms with Crippen LogP contribution in [0.1, 0.15) is 0 Å². The highest BCUT2D eigenvalue weighted by molar-refractivity contribution is 6.28. The molecule has 34 heavy (non-hydrogen) atoms. The van der Waals surface area contributed by atoms with Crippen LogP contribution in [0.15, 0.2) is 121 Å². The van der Waals surface area contributed by atoms with Crippen LogP contribution in [0.3, 0.4) is 0 Å². The largest absolute Gasteiger partial charge is 0.0616 e. The van der Waals surface area contributed by atoms with Crippen molar-refractivity contribution < 1.29 is 0 Å². The summed E-state index contributed by atoms with van der Waals surface area (Å²) in [5.74, 6) is 0. The molecule has 0 aliphatic rings. The van der Waals surface area contributed by atoms with E-state index in [2.05, 4.69) is 121 Å². The van der Waals surface area contributed by atoms with Gasteiger partial charge in [0.25, 0.3) is 0 Å². The zero-order chi connectivity index (χ0) is 22.2. The van der Waals surface area contributed by atoms with Crippen LogP contribution in [0.25, 0.3) is 75.8 Å². The molecule has 0 amide bonds. The van der Waals surface area contributed by atoms with Crippen molar-refractivity contribution in [3.8, 4) is 11.1 Å². The number of hydrogen-bond donors (Lipinski definition) is 0. The molecule has 0 bridgehead atoms. The van der Waals surface area contributed by atoms with Gasteiger partial charge in [0.2, 0.25) is 0 Å². The average Bonchev–Trinajstić information content (AvgIpc) is 2.90. The second-order valence-corrected chi connectivity index (χ2v) is 9.32. The number of rotatable bonds is 1. The van der Waals surface area contributed by atoms with Gasteiger partial charge in [0, 0.05) is 0 Å². The van der Waals surface area contributed by atoms with Crippen molar-refractivity contribution in [3.05, 3.63) is 121 Å². The standard InChI is InChI=1S/C34H20/c1-3-10-26-21(6-1)14-17-30-31(26)20-25-7-2-4-11-27(25)34(30)29-19-16-24-13-12-22-8-5-9-23-15-18-28(29)33(24)32(22)23/h1-20H. The van der Waals surface area contributed by atoms with Crippen LogP contribution < -0.4 is 0 Å². The van der Waals surface area contributed by atoms with Gasteiger partial charge in [-0.15, -0.1) is 0 Å². The lowest BCUT2D eigenvalue weighted by atomic mass is 9.85. The molecule has 0 heteroatoms. The van der Waals surface area contributed by atoms with E-state index in [-0.39, 0.29) is 0 Å². The lowest BCUT2D eigenvalue weighted by Crippen LogP contribution is -1.90. The summed E-state index contributed by atoms with van der Waals surface area (Å²) in [6.45, 7) is 0. The maximum Gasteiger partial charge on any atom is -0.00203 e. The van der Waals surface area contributed by atoms with Crippen molar-refractivity contribution in [1.29, 1.82) is 0 Å². The van der Waals surface area contributed by atoms with Crippen molar-refractivity contribution in [3.63, 3.8) is 0 Å². The fraction of sp³-hybridized carbons (Fsp3) is 0. The first kappa shape index (κ1) is 18.1. The molecule has 156 valence electrons. The highest BCUT2D eigenvalue weighted by atomic mass is 14.2. The topological polar surface area (TPSA) is 0 Å². The van der Waals surface area contributed by atoms with Gasteiger partial charge in [0.05, 0.1) is 0 Å². The molecule has 0 atom stereocenters. The Morgan fingerprint density at radius 2 is 0.882 bits per heavy atom. The monoisotopic (exact) mass is 428 g/mol. The van der Waals surface area contributed by atoms with Crippen LogP contribution in [0, 0.1) is 0 Å². The maximum absolute atomic E-state index is 2.37. The molecule has 0 aliphatic carbocycles. The Morgan fingerprint density at radius 3 is 1.74 bits per heavy atom. The van der Waals surface area contributed by atoms with E-state index in [0.29, 0.717) is 0 Å². The second-order valence-electron chi connectivity index (χ2n) is 9.32. The van der Waals surface area contributed by atoms with Crippen molar-refractivity contribution in [1.82, 2.24) is 0 Å². The van der Waals surface area contributed by atoms with Gasteiger partial charge in [0.1, 0.15) is 0 Å². The molecule has 0 aromatic heterocycles. The van der Waals surface area contributed by atoms with Crippen molar-refractivity contribution in [2.75, 3.05) is 0 Å². The normalized spacial score (nSPS) is 12.1. The van der Waals surface area contributed by atoms with Crippen LogP contribution in [-0.2, 0) is 0 Å². The third-order valence-electron chi connectivity index (χ3n) is 7.57. The van der Waals surface area contributed by atoms with E-state index in [1.807, 2.05) is 0 Å². The summed E-state index contributed by atoms with van der Waals surface area (Å²) >= 11 is 0. The van der Waals surface area contributed by atoms with E-state index in [0.717, 1.165) is 0 Å². The van der Waals surface area contributed by atoms with Crippen molar-refractivity contribution in [2.45, 2.75) is 0 Å². The molecule has 0 fully saturated rings. The summed E-state index contributed by atoms with van der Waals surface area (Å²) in [5.41, 5.74) is 2.64. The van der Waals surface area contributed by atoms with Gasteiger partial charge in [-0.25, -0.2) is 0 Å². The lowest BCUT2D eigenvalue weighted by molar-refractivity contribution is 1.73. The Hall–Kier alpha value is -4.42.